The lowest BCUT2D eigenvalue weighted by Crippen LogP contribution is -2.36. The van der Waals surface area contributed by atoms with Crippen LogP contribution in [0.15, 0.2) is 83.3 Å². The number of hydrogen-bond acceptors (Lipinski definition) is 6. The largest absolute Gasteiger partial charge is 0.383 e. The van der Waals surface area contributed by atoms with E-state index in [4.69, 9.17) is 9.72 Å². The molecule has 0 unspecified atom stereocenters. The van der Waals surface area contributed by atoms with E-state index in [2.05, 4.69) is 4.98 Å². The average molecular weight is 493 g/mol. The molecule has 0 atom stereocenters. The van der Waals surface area contributed by atoms with Crippen LogP contribution in [0.2, 0.25) is 0 Å². The Kier molecular flexibility index (Phi) is 6.42. The highest BCUT2D eigenvalue weighted by atomic mass is 32.2. The molecule has 0 aliphatic rings. The Balaban J connectivity index is 1.44. The summed E-state index contributed by atoms with van der Waals surface area (Å²) in [6.07, 6.45) is 4.18. The van der Waals surface area contributed by atoms with Gasteiger partial charge in [-0.25, -0.2) is 13.4 Å². The smallest absolute Gasteiger partial charge is 0.245 e. The zero-order valence-corrected chi connectivity index (χ0v) is 20.3. The molecular formula is C25H24N4O3S2. The van der Waals surface area contributed by atoms with Crippen LogP contribution >= 0.6 is 11.3 Å². The summed E-state index contributed by atoms with van der Waals surface area (Å²) in [6.45, 7) is 0.883. The van der Waals surface area contributed by atoms with Crippen molar-refractivity contribution in [2.45, 2.75) is 11.3 Å². The van der Waals surface area contributed by atoms with E-state index in [1.807, 2.05) is 58.4 Å². The van der Waals surface area contributed by atoms with E-state index in [1.54, 1.807) is 42.8 Å². The summed E-state index contributed by atoms with van der Waals surface area (Å²) in [5.41, 5.74) is 3.45. The first-order valence-electron chi connectivity index (χ1n) is 10.9. The molecule has 2 aromatic carbocycles. The quantitative estimate of drug-likeness (QED) is 0.303. The molecular weight excluding hydrogens is 468 g/mol. The molecule has 0 saturated heterocycles. The predicted octanol–water partition coefficient (Wildman–Crippen LogP) is 4.49. The van der Waals surface area contributed by atoms with Crippen molar-refractivity contribution < 1.29 is 13.2 Å². The number of thiazole rings is 1. The van der Waals surface area contributed by atoms with Crippen molar-refractivity contribution in [3.63, 3.8) is 0 Å². The van der Waals surface area contributed by atoms with Crippen molar-refractivity contribution in [2.24, 2.45) is 0 Å². The number of benzene rings is 2. The molecule has 0 bridgehead atoms. The van der Waals surface area contributed by atoms with Gasteiger partial charge in [-0.3, -0.25) is 9.38 Å². The summed E-state index contributed by atoms with van der Waals surface area (Å²) >= 11 is 1.55. The minimum atomic E-state index is -3.77. The van der Waals surface area contributed by atoms with Crippen molar-refractivity contribution in [1.82, 2.24) is 18.7 Å². The Labute approximate surface area is 202 Å². The molecule has 0 amide bonds. The lowest BCUT2D eigenvalue weighted by Gasteiger charge is -2.22. The van der Waals surface area contributed by atoms with Crippen LogP contribution in [-0.2, 0) is 21.2 Å². The number of imidazole rings is 1. The van der Waals surface area contributed by atoms with Gasteiger partial charge in [-0.1, -0.05) is 48.5 Å². The van der Waals surface area contributed by atoms with Gasteiger partial charge in [0.15, 0.2) is 4.96 Å². The van der Waals surface area contributed by atoms with E-state index in [0.29, 0.717) is 25.1 Å². The third-order valence-corrected chi connectivity index (χ3v) is 8.55. The molecule has 0 spiro atoms. The molecule has 34 heavy (non-hydrogen) atoms. The molecule has 0 radical (unpaired) electrons. The monoisotopic (exact) mass is 492 g/mol. The molecule has 0 aliphatic heterocycles. The average Bonchev–Trinajstić information content (AvgIpc) is 3.45. The summed E-state index contributed by atoms with van der Waals surface area (Å²) in [5.74, 6) is 0. The fraction of sp³-hybridized carbons (Fsp3) is 0.200. The number of sulfonamides is 1. The number of ether oxygens (including phenoxy) is 1. The summed E-state index contributed by atoms with van der Waals surface area (Å²) in [6, 6.07) is 18.9. The van der Waals surface area contributed by atoms with E-state index in [9.17, 15) is 8.42 Å². The van der Waals surface area contributed by atoms with Crippen LogP contribution < -0.4 is 0 Å². The highest BCUT2D eigenvalue weighted by Gasteiger charge is 2.27. The molecule has 3 heterocycles. The van der Waals surface area contributed by atoms with Crippen LogP contribution in [0.1, 0.15) is 5.69 Å². The first kappa shape index (κ1) is 22.7. The molecule has 174 valence electrons. The number of fused-ring (bicyclic) bond motifs is 2. The van der Waals surface area contributed by atoms with Crippen LogP contribution in [0, 0.1) is 0 Å². The Bertz CT molecular complexity index is 1520. The van der Waals surface area contributed by atoms with E-state index >= 15 is 0 Å². The minimum absolute atomic E-state index is 0.214. The van der Waals surface area contributed by atoms with Crippen LogP contribution in [0.4, 0.5) is 0 Å². The zero-order chi connectivity index (χ0) is 23.5. The van der Waals surface area contributed by atoms with Gasteiger partial charge >= 0.3 is 0 Å². The number of nitrogens with zero attached hydrogens (tertiary/aromatic N) is 4. The van der Waals surface area contributed by atoms with Gasteiger partial charge in [0, 0.05) is 61.0 Å². The number of hydrogen-bond donors (Lipinski definition) is 0. The molecule has 9 heteroatoms. The van der Waals surface area contributed by atoms with Gasteiger partial charge in [0.1, 0.15) is 4.90 Å². The first-order valence-corrected chi connectivity index (χ1v) is 13.2. The predicted molar refractivity (Wildman–Crippen MR) is 135 cm³/mol. The lowest BCUT2D eigenvalue weighted by atomic mass is 10.2. The van der Waals surface area contributed by atoms with Crippen molar-refractivity contribution in [1.29, 1.82) is 0 Å². The van der Waals surface area contributed by atoms with E-state index in [-0.39, 0.29) is 11.4 Å². The summed E-state index contributed by atoms with van der Waals surface area (Å²) in [5, 5.41) is 2.83. The third kappa shape index (κ3) is 4.35. The Hall–Kier alpha value is -3.11. The van der Waals surface area contributed by atoms with E-state index < -0.39 is 10.0 Å². The van der Waals surface area contributed by atoms with Crippen molar-refractivity contribution >= 4 is 37.2 Å². The number of para-hydroxylation sites is 1. The van der Waals surface area contributed by atoms with Gasteiger partial charge in [-0.2, -0.15) is 4.31 Å². The fourth-order valence-corrected chi connectivity index (χ4v) is 6.46. The normalized spacial score (nSPS) is 12.2. The molecule has 0 saturated carbocycles. The Morgan fingerprint density at radius 2 is 1.85 bits per heavy atom. The molecule has 0 aliphatic carbocycles. The maximum absolute atomic E-state index is 13.7. The summed E-state index contributed by atoms with van der Waals surface area (Å²) < 4.78 is 36.1. The van der Waals surface area contributed by atoms with Crippen LogP contribution in [0.25, 0.3) is 27.1 Å². The molecule has 7 nitrogen and oxygen atoms in total. The van der Waals surface area contributed by atoms with Crippen molar-refractivity contribution in [3.8, 4) is 11.3 Å². The molecule has 5 aromatic rings. The van der Waals surface area contributed by atoms with Crippen molar-refractivity contribution in [3.05, 3.63) is 84.1 Å². The first-order chi connectivity index (χ1) is 16.6. The highest BCUT2D eigenvalue weighted by molar-refractivity contribution is 7.89. The number of aromatic nitrogens is 3. The summed E-state index contributed by atoms with van der Waals surface area (Å²) in [4.78, 5) is 10.2. The lowest BCUT2D eigenvalue weighted by molar-refractivity contribution is 0.179. The second-order valence-electron chi connectivity index (χ2n) is 7.85. The van der Waals surface area contributed by atoms with Crippen LogP contribution in [0.5, 0.6) is 0 Å². The molecule has 0 fully saturated rings. The number of pyridine rings is 1. The van der Waals surface area contributed by atoms with Gasteiger partial charge in [-0.15, -0.1) is 11.3 Å². The van der Waals surface area contributed by atoms with Gasteiger partial charge in [0.05, 0.1) is 17.8 Å². The van der Waals surface area contributed by atoms with Crippen molar-refractivity contribution in [2.75, 3.05) is 26.8 Å². The Morgan fingerprint density at radius 1 is 1.03 bits per heavy atom. The van der Waals surface area contributed by atoms with Gasteiger partial charge in [-0.05, 0) is 12.1 Å². The molecule has 5 rings (SSSR count). The van der Waals surface area contributed by atoms with Crippen LogP contribution in [-0.4, -0.2) is 53.9 Å². The maximum Gasteiger partial charge on any atom is 0.245 e. The van der Waals surface area contributed by atoms with Crippen LogP contribution in [0.3, 0.4) is 0 Å². The number of methoxy groups -OCH3 is 1. The van der Waals surface area contributed by atoms with Gasteiger partial charge in [0.25, 0.3) is 0 Å². The zero-order valence-electron chi connectivity index (χ0n) is 18.7. The summed E-state index contributed by atoms with van der Waals surface area (Å²) in [7, 11) is -2.20. The Morgan fingerprint density at radius 3 is 2.68 bits per heavy atom. The topological polar surface area (TPSA) is 76.8 Å². The van der Waals surface area contributed by atoms with Gasteiger partial charge < -0.3 is 4.74 Å². The molecule has 0 N–H and O–H groups in total. The SMILES string of the molecule is COCCN(CCc1csc2nc(-c3ccccc3)cn12)S(=O)(=O)c1cccc2cccnc12. The van der Waals surface area contributed by atoms with Gasteiger partial charge in [0.2, 0.25) is 10.0 Å². The standard InChI is InChI=1S/C25H24N4O3S2/c1-32-16-15-28(34(30,31)23-11-5-9-20-10-6-13-26-24(20)23)14-12-21-18-33-25-27-22(17-29(21)25)19-7-3-2-4-8-19/h2-11,13,17-18H,12,14-16H2,1H3. The maximum atomic E-state index is 13.7. The second kappa shape index (κ2) is 9.63. The second-order valence-corrected chi connectivity index (χ2v) is 10.6. The fourth-order valence-electron chi connectivity index (χ4n) is 3.97. The number of rotatable bonds is 9. The highest BCUT2D eigenvalue weighted by Crippen LogP contribution is 2.26. The minimum Gasteiger partial charge on any atom is -0.383 e. The van der Waals surface area contributed by atoms with E-state index in [1.165, 1.54) is 4.31 Å². The van der Waals surface area contributed by atoms with E-state index in [0.717, 1.165) is 27.3 Å². The molecule has 3 aromatic heterocycles. The third-order valence-electron chi connectivity index (χ3n) is 5.73.